The number of aryl methyl sites for hydroxylation is 1. The molecule has 2 rings (SSSR count). The van der Waals surface area contributed by atoms with E-state index in [9.17, 15) is 8.42 Å². The zero-order valence-electron chi connectivity index (χ0n) is 10.0. The quantitative estimate of drug-likeness (QED) is 0.843. The molecule has 4 nitrogen and oxygen atoms in total. The number of nitrogens with zero attached hydrogens (tertiary/aromatic N) is 1. The smallest absolute Gasteiger partial charge is 0.153 e. The second-order valence-electron chi connectivity index (χ2n) is 4.48. The SMILES string of the molecule is Cc1ccc(CN)c(N2CCS(=O)(=O)CC2)c1. The van der Waals surface area contributed by atoms with Crippen LogP contribution in [0.15, 0.2) is 18.2 Å². The van der Waals surface area contributed by atoms with Gasteiger partial charge in [0, 0.05) is 25.3 Å². The van der Waals surface area contributed by atoms with Gasteiger partial charge in [-0.15, -0.1) is 0 Å². The van der Waals surface area contributed by atoms with Crippen LogP contribution in [0, 0.1) is 6.92 Å². The monoisotopic (exact) mass is 254 g/mol. The lowest BCUT2D eigenvalue weighted by atomic mass is 10.1. The average molecular weight is 254 g/mol. The first kappa shape index (κ1) is 12.4. The maximum atomic E-state index is 11.4. The molecule has 0 saturated carbocycles. The molecule has 0 bridgehead atoms. The Morgan fingerprint density at radius 1 is 1.29 bits per heavy atom. The summed E-state index contributed by atoms with van der Waals surface area (Å²) in [6.07, 6.45) is 0. The number of hydrogen-bond acceptors (Lipinski definition) is 4. The Bertz CT molecular complexity index is 497. The third-order valence-electron chi connectivity index (χ3n) is 3.15. The van der Waals surface area contributed by atoms with Gasteiger partial charge in [-0.25, -0.2) is 8.42 Å². The van der Waals surface area contributed by atoms with Gasteiger partial charge in [0.15, 0.2) is 9.84 Å². The summed E-state index contributed by atoms with van der Waals surface area (Å²) in [4.78, 5) is 2.12. The minimum atomic E-state index is -2.83. The highest BCUT2D eigenvalue weighted by molar-refractivity contribution is 7.91. The first-order valence-corrected chi connectivity index (χ1v) is 7.59. The van der Waals surface area contributed by atoms with Crippen LogP contribution in [0.25, 0.3) is 0 Å². The van der Waals surface area contributed by atoms with Crippen molar-refractivity contribution in [1.29, 1.82) is 0 Å². The number of nitrogens with two attached hydrogens (primary N) is 1. The van der Waals surface area contributed by atoms with Crippen molar-refractivity contribution in [3.8, 4) is 0 Å². The van der Waals surface area contributed by atoms with E-state index in [0.29, 0.717) is 19.6 Å². The Morgan fingerprint density at radius 2 is 1.94 bits per heavy atom. The molecule has 1 fully saturated rings. The van der Waals surface area contributed by atoms with Crippen LogP contribution in [0.4, 0.5) is 5.69 Å². The van der Waals surface area contributed by atoms with Crippen LogP contribution in [0.5, 0.6) is 0 Å². The number of benzene rings is 1. The van der Waals surface area contributed by atoms with Crippen LogP contribution in [0.1, 0.15) is 11.1 Å². The molecule has 0 amide bonds. The van der Waals surface area contributed by atoms with Gasteiger partial charge >= 0.3 is 0 Å². The fourth-order valence-corrected chi connectivity index (χ4v) is 3.30. The molecule has 94 valence electrons. The molecule has 2 N–H and O–H groups in total. The van der Waals surface area contributed by atoms with Crippen LogP contribution >= 0.6 is 0 Å². The van der Waals surface area contributed by atoms with Gasteiger partial charge in [0.25, 0.3) is 0 Å². The molecule has 1 aromatic carbocycles. The van der Waals surface area contributed by atoms with Gasteiger partial charge in [-0.2, -0.15) is 0 Å². The first-order valence-electron chi connectivity index (χ1n) is 5.77. The Hall–Kier alpha value is -1.07. The molecule has 1 aliphatic heterocycles. The van der Waals surface area contributed by atoms with E-state index in [4.69, 9.17) is 5.73 Å². The first-order chi connectivity index (χ1) is 8.02. The van der Waals surface area contributed by atoms with Crippen molar-refractivity contribution >= 4 is 15.5 Å². The number of rotatable bonds is 2. The molecule has 1 aromatic rings. The van der Waals surface area contributed by atoms with Gasteiger partial charge in [-0.1, -0.05) is 12.1 Å². The zero-order valence-corrected chi connectivity index (χ0v) is 10.8. The van der Waals surface area contributed by atoms with Crippen molar-refractivity contribution in [3.63, 3.8) is 0 Å². The molecule has 0 aromatic heterocycles. The maximum Gasteiger partial charge on any atom is 0.153 e. The minimum absolute atomic E-state index is 0.241. The van der Waals surface area contributed by atoms with E-state index in [0.717, 1.165) is 11.3 Å². The van der Waals surface area contributed by atoms with E-state index in [1.165, 1.54) is 5.56 Å². The predicted molar refractivity (Wildman–Crippen MR) is 69.9 cm³/mol. The Kier molecular flexibility index (Phi) is 3.40. The summed E-state index contributed by atoms with van der Waals surface area (Å²) in [7, 11) is -2.83. The van der Waals surface area contributed by atoms with Crippen LogP contribution in [0.2, 0.25) is 0 Å². The van der Waals surface area contributed by atoms with Gasteiger partial charge in [0.2, 0.25) is 0 Å². The molecule has 0 radical (unpaired) electrons. The molecule has 1 heterocycles. The van der Waals surface area contributed by atoms with E-state index in [1.54, 1.807) is 0 Å². The zero-order chi connectivity index (χ0) is 12.5. The third kappa shape index (κ3) is 2.79. The lowest BCUT2D eigenvalue weighted by Gasteiger charge is -2.30. The van der Waals surface area contributed by atoms with Gasteiger partial charge in [0.05, 0.1) is 11.5 Å². The molecule has 5 heteroatoms. The van der Waals surface area contributed by atoms with Crippen molar-refractivity contribution in [2.24, 2.45) is 5.73 Å². The Labute approximate surface area is 102 Å². The topological polar surface area (TPSA) is 63.4 Å². The minimum Gasteiger partial charge on any atom is -0.369 e. The lowest BCUT2D eigenvalue weighted by Crippen LogP contribution is -2.40. The predicted octanol–water partition coefficient (Wildman–Crippen LogP) is 0.689. The largest absolute Gasteiger partial charge is 0.369 e. The molecule has 0 aliphatic carbocycles. The summed E-state index contributed by atoms with van der Waals surface area (Å²) < 4.78 is 22.8. The Morgan fingerprint density at radius 3 is 2.53 bits per heavy atom. The average Bonchev–Trinajstić information content (AvgIpc) is 2.29. The van der Waals surface area contributed by atoms with E-state index >= 15 is 0 Å². The van der Waals surface area contributed by atoms with E-state index in [2.05, 4.69) is 11.0 Å². The van der Waals surface area contributed by atoms with Crippen molar-refractivity contribution in [2.75, 3.05) is 29.5 Å². The second-order valence-corrected chi connectivity index (χ2v) is 6.78. The molecule has 1 saturated heterocycles. The summed E-state index contributed by atoms with van der Waals surface area (Å²) >= 11 is 0. The number of hydrogen-bond donors (Lipinski definition) is 1. The standard InChI is InChI=1S/C12H18N2O2S/c1-10-2-3-11(9-13)12(8-10)14-4-6-17(15,16)7-5-14/h2-3,8H,4-7,9,13H2,1H3. The molecule has 17 heavy (non-hydrogen) atoms. The summed E-state index contributed by atoms with van der Waals surface area (Å²) in [5.74, 6) is 0.482. The van der Waals surface area contributed by atoms with Gasteiger partial charge in [0.1, 0.15) is 0 Å². The van der Waals surface area contributed by atoms with Crippen LogP contribution in [-0.4, -0.2) is 33.0 Å². The van der Waals surface area contributed by atoms with Crippen molar-refractivity contribution in [1.82, 2.24) is 0 Å². The molecular formula is C12H18N2O2S. The molecule has 0 unspecified atom stereocenters. The van der Waals surface area contributed by atoms with Crippen LogP contribution in [-0.2, 0) is 16.4 Å². The highest BCUT2D eigenvalue weighted by atomic mass is 32.2. The fraction of sp³-hybridized carbons (Fsp3) is 0.500. The summed E-state index contributed by atoms with van der Waals surface area (Å²) in [5.41, 5.74) is 9.05. The molecule has 0 atom stereocenters. The summed E-state index contributed by atoms with van der Waals surface area (Å²) in [6.45, 7) is 3.65. The van der Waals surface area contributed by atoms with E-state index in [1.807, 2.05) is 19.1 Å². The van der Waals surface area contributed by atoms with Crippen molar-refractivity contribution in [3.05, 3.63) is 29.3 Å². The Balaban J connectivity index is 2.26. The van der Waals surface area contributed by atoms with Gasteiger partial charge in [-0.3, -0.25) is 0 Å². The van der Waals surface area contributed by atoms with Gasteiger partial charge in [-0.05, 0) is 24.1 Å². The highest BCUT2D eigenvalue weighted by Gasteiger charge is 2.22. The number of anilines is 1. The normalized spacial score (nSPS) is 19.3. The number of sulfone groups is 1. The third-order valence-corrected chi connectivity index (χ3v) is 4.75. The molecule has 1 aliphatic rings. The molecule has 0 spiro atoms. The van der Waals surface area contributed by atoms with E-state index in [-0.39, 0.29) is 11.5 Å². The summed E-state index contributed by atoms with van der Waals surface area (Å²) in [5, 5.41) is 0. The highest BCUT2D eigenvalue weighted by Crippen LogP contribution is 2.23. The molecular weight excluding hydrogens is 236 g/mol. The van der Waals surface area contributed by atoms with E-state index < -0.39 is 9.84 Å². The lowest BCUT2D eigenvalue weighted by molar-refractivity contribution is 0.586. The second kappa shape index (κ2) is 4.66. The van der Waals surface area contributed by atoms with Gasteiger partial charge < -0.3 is 10.6 Å². The maximum absolute atomic E-state index is 11.4. The summed E-state index contributed by atoms with van der Waals surface area (Å²) in [6, 6.07) is 6.14. The van der Waals surface area contributed by atoms with Crippen molar-refractivity contribution in [2.45, 2.75) is 13.5 Å². The van der Waals surface area contributed by atoms with Crippen molar-refractivity contribution < 1.29 is 8.42 Å². The van der Waals surface area contributed by atoms with Crippen LogP contribution in [0.3, 0.4) is 0 Å². The fourth-order valence-electron chi connectivity index (χ4n) is 2.09. The van der Waals surface area contributed by atoms with Crippen LogP contribution < -0.4 is 10.6 Å².